The minimum absolute atomic E-state index is 0.519. The smallest absolute Gasteiger partial charge is 0.347 e. The number of rotatable bonds is 5. The third-order valence-corrected chi connectivity index (χ3v) is 4.30. The second-order valence-electron chi connectivity index (χ2n) is 4.92. The van der Waals surface area contributed by atoms with Crippen LogP contribution in [-0.2, 0) is 4.79 Å². The summed E-state index contributed by atoms with van der Waals surface area (Å²) in [5.74, 6) is -0.483. The van der Waals surface area contributed by atoms with E-state index in [0.717, 1.165) is 9.79 Å². The monoisotopic (exact) mass is 322 g/mol. The maximum atomic E-state index is 11.0. The molecule has 21 heavy (non-hydrogen) atoms. The molecule has 1 N–H and O–H groups in total. The van der Waals surface area contributed by atoms with E-state index in [9.17, 15) is 4.79 Å². The Morgan fingerprint density at radius 2 is 1.76 bits per heavy atom. The lowest BCUT2D eigenvalue weighted by atomic mass is 10.1. The van der Waals surface area contributed by atoms with E-state index >= 15 is 0 Å². The quantitative estimate of drug-likeness (QED) is 0.864. The van der Waals surface area contributed by atoms with Gasteiger partial charge in [0.2, 0.25) is 0 Å². The Labute approximate surface area is 132 Å². The van der Waals surface area contributed by atoms with Crippen LogP contribution in [0.4, 0.5) is 0 Å². The summed E-state index contributed by atoms with van der Waals surface area (Å²) in [4.78, 5) is 13.0. The van der Waals surface area contributed by atoms with Crippen LogP contribution in [0.3, 0.4) is 0 Å². The minimum Gasteiger partial charge on any atom is -0.478 e. The van der Waals surface area contributed by atoms with E-state index in [0.29, 0.717) is 10.8 Å². The highest BCUT2D eigenvalue weighted by atomic mass is 35.5. The van der Waals surface area contributed by atoms with Gasteiger partial charge in [0.15, 0.2) is 5.60 Å². The summed E-state index contributed by atoms with van der Waals surface area (Å²) in [6.07, 6.45) is 0. The highest BCUT2D eigenvalue weighted by Crippen LogP contribution is 2.34. The molecule has 3 nitrogen and oxygen atoms in total. The second kappa shape index (κ2) is 6.41. The van der Waals surface area contributed by atoms with Gasteiger partial charge in [0.25, 0.3) is 0 Å². The van der Waals surface area contributed by atoms with Crippen LogP contribution in [0.15, 0.2) is 58.3 Å². The summed E-state index contributed by atoms with van der Waals surface area (Å²) >= 11 is 7.66. The van der Waals surface area contributed by atoms with Gasteiger partial charge in [0.1, 0.15) is 5.75 Å². The van der Waals surface area contributed by atoms with Gasteiger partial charge >= 0.3 is 5.97 Å². The SMILES string of the molecule is CC(C)(Oc1ccc(Sc2ccccc2Cl)cc1)C(=O)O. The molecule has 0 fully saturated rings. The summed E-state index contributed by atoms with van der Waals surface area (Å²) < 4.78 is 5.46. The molecular formula is C16H15ClO3S. The lowest BCUT2D eigenvalue weighted by Crippen LogP contribution is -2.37. The Hall–Kier alpha value is -1.65. The fourth-order valence-electron chi connectivity index (χ4n) is 1.57. The van der Waals surface area contributed by atoms with E-state index < -0.39 is 11.6 Å². The van der Waals surface area contributed by atoms with E-state index in [1.165, 1.54) is 13.8 Å². The predicted octanol–water partition coefficient (Wildman–Crippen LogP) is 4.73. The lowest BCUT2D eigenvalue weighted by Gasteiger charge is -2.21. The number of carboxylic acids is 1. The molecule has 0 aliphatic carbocycles. The number of hydrogen-bond donors (Lipinski definition) is 1. The zero-order valence-corrected chi connectivity index (χ0v) is 13.2. The predicted molar refractivity (Wildman–Crippen MR) is 84.4 cm³/mol. The number of carbonyl (C=O) groups is 1. The summed E-state index contributed by atoms with van der Waals surface area (Å²) in [6, 6.07) is 14.9. The summed E-state index contributed by atoms with van der Waals surface area (Å²) in [5.41, 5.74) is -1.25. The fourth-order valence-corrected chi connectivity index (χ4v) is 2.66. The maximum Gasteiger partial charge on any atom is 0.347 e. The van der Waals surface area contributed by atoms with Crippen LogP contribution in [0.5, 0.6) is 5.75 Å². The van der Waals surface area contributed by atoms with Gasteiger partial charge in [-0.05, 0) is 50.2 Å². The first kappa shape index (κ1) is 15.7. The van der Waals surface area contributed by atoms with Crippen molar-refractivity contribution < 1.29 is 14.6 Å². The van der Waals surface area contributed by atoms with Crippen molar-refractivity contribution in [1.82, 2.24) is 0 Å². The second-order valence-corrected chi connectivity index (χ2v) is 6.44. The molecule has 0 bridgehead atoms. The van der Waals surface area contributed by atoms with Crippen LogP contribution in [-0.4, -0.2) is 16.7 Å². The maximum absolute atomic E-state index is 11.0. The van der Waals surface area contributed by atoms with E-state index in [1.54, 1.807) is 23.9 Å². The third-order valence-electron chi connectivity index (χ3n) is 2.78. The molecule has 0 radical (unpaired) electrons. The largest absolute Gasteiger partial charge is 0.478 e. The molecule has 0 atom stereocenters. The number of ether oxygens (including phenoxy) is 1. The van der Waals surface area contributed by atoms with Crippen molar-refractivity contribution in [1.29, 1.82) is 0 Å². The molecule has 0 saturated heterocycles. The first-order valence-corrected chi connectivity index (χ1v) is 7.53. The summed E-state index contributed by atoms with van der Waals surface area (Å²) in [6.45, 7) is 3.03. The van der Waals surface area contributed by atoms with Crippen molar-refractivity contribution in [2.24, 2.45) is 0 Å². The standard InChI is InChI=1S/C16H15ClO3S/c1-16(2,15(18)19)20-11-7-9-12(10-8-11)21-14-6-4-3-5-13(14)17/h3-10H,1-2H3,(H,18,19). The molecule has 0 saturated carbocycles. The van der Waals surface area contributed by atoms with Crippen LogP contribution in [0.1, 0.15) is 13.8 Å². The number of halogens is 1. The van der Waals surface area contributed by atoms with Gasteiger partial charge in [-0.15, -0.1) is 0 Å². The zero-order valence-electron chi connectivity index (χ0n) is 11.7. The van der Waals surface area contributed by atoms with Crippen molar-refractivity contribution in [3.05, 3.63) is 53.6 Å². The highest BCUT2D eigenvalue weighted by Gasteiger charge is 2.29. The van der Waals surface area contributed by atoms with Gasteiger partial charge in [0, 0.05) is 9.79 Å². The van der Waals surface area contributed by atoms with Crippen LogP contribution < -0.4 is 4.74 Å². The summed E-state index contributed by atoms with van der Waals surface area (Å²) in [7, 11) is 0. The summed E-state index contributed by atoms with van der Waals surface area (Å²) in [5, 5.41) is 9.74. The van der Waals surface area contributed by atoms with Gasteiger partial charge in [-0.1, -0.05) is 35.5 Å². The topological polar surface area (TPSA) is 46.5 Å². The Bertz CT molecular complexity index is 638. The van der Waals surface area contributed by atoms with Crippen molar-refractivity contribution in [2.75, 3.05) is 0 Å². The van der Waals surface area contributed by atoms with Crippen molar-refractivity contribution >= 4 is 29.3 Å². The Morgan fingerprint density at radius 1 is 1.14 bits per heavy atom. The van der Waals surface area contributed by atoms with Crippen molar-refractivity contribution in [3.63, 3.8) is 0 Å². The van der Waals surface area contributed by atoms with Gasteiger partial charge in [-0.2, -0.15) is 0 Å². The Morgan fingerprint density at radius 3 is 2.33 bits per heavy atom. The van der Waals surface area contributed by atoms with Gasteiger partial charge < -0.3 is 9.84 Å². The molecule has 0 spiro atoms. The van der Waals surface area contributed by atoms with Gasteiger partial charge in [-0.25, -0.2) is 4.79 Å². The molecule has 2 aromatic rings. The van der Waals surface area contributed by atoms with Gasteiger partial charge in [0.05, 0.1) is 5.02 Å². The molecule has 5 heteroatoms. The van der Waals surface area contributed by atoms with E-state index in [-0.39, 0.29) is 0 Å². The highest BCUT2D eigenvalue weighted by molar-refractivity contribution is 7.99. The number of hydrogen-bond acceptors (Lipinski definition) is 3. The van der Waals surface area contributed by atoms with Crippen LogP contribution in [0.2, 0.25) is 5.02 Å². The number of carboxylic acid groups (broad SMARTS) is 1. The van der Waals surface area contributed by atoms with Crippen molar-refractivity contribution in [2.45, 2.75) is 29.2 Å². The first-order chi connectivity index (χ1) is 9.88. The van der Waals surface area contributed by atoms with E-state index in [2.05, 4.69) is 0 Å². The Balaban J connectivity index is 2.09. The molecule has 2 aromatic carbocycles. The molecule has 0 heterocycles. The van der Waals surface area contributed by atoms with Crippen LogP contribution in [0, 0.1) is 0 Å². The molecule has 0 amide bonds. The zero-order chi connectivity index (χ0) is 15.5. The molecule has 2 rings (SSSR count). The normalized spacial score (nSPS) is 11.2. The Kier molecular flexibility index (Phi) is 4.80. The average Bonchev–Trinajstić information content (AvgIpc) is 2.43. The molecule has 0 unspecified atom stereocenters. The molecule has 110 valence electrons. The van der Waals surface area contributed by atoms with Crippen LogP contribution >= 0.6 is 23.4 Å². The first-order valence-electron chi connectivity index (χ1n) is 6.33. The molecule has 0 aromatic heterocycles. The number of benzene rings is 2. The minimum atomic E-state index is -1.25. The van der Waals surface area contributed by atoms with Crippen LogP contribution in [0.25, 0.3) is 0 Å². The van der Waals surface area contributed by atoms with Crippen molar-refractivity contribution in [3.8, 4) is 5.75 Å². The molecule has 0 aliphatic rings. The van der Waals surface area contributed by atoms with Gasteiger partial charge in [-0.3, -0.25) is 0 Å². The fraction of sp³-hybridized carbons (Fsp3) is 0.188. The number of aliphatic carboxylic acids is 1. The molecule has 0 aliphatic heterocycles. The lowest BCUT2D eigenvalue weighted by molar-refractivity contribution is -0.152. The third kappa shape index (κ3) is 4.16. The van der Waals surface area contributed by atoms with E-state index in [4.69, 9.17) is 21.4 Å². The van der Waals surface area contributed by atoms with E-state index in [1.807, 2.05) is 36.4 Å². The average molecular weight is 323 g/mol. The molecular weight excluding hydrogens is 308 g/mol.